The number of alkyl halides is 2. The third kappa shape index (κ3) is 4.35. The fraction of sp³-hybridized carbons (Fsp3) is 0.409. The molecule has 3 rings (SSSR count). The third-order valence-corrected chi connectivity index (χ3v) is 5.01. The summed E-state index contributed by atoms with van der Waals surface area (Å²) in [7, 11) is 0. The molecule has 1 N–H and O–H groups in total. The van der Waals surface area contributed by atoms with Gasteiger partial charge in [-0.05, 0) is 59.9 Å². The molecule has 0 saturated heterocycles. The molecule has 2 aromatic rings. The summed E-state index contributed by atoms with van der Waals surface area (Å²) in [5.74, 6) is -0.867. The SMILES string of the molecule is CCc1cccc(-c2c(C3CC3)ccc(C)c2C(OCC(F)F)C(=O)O)c1. The molecule has 2 aromatic carbocycles. The maximum atomic E-state index is 12.7. The molecule has 27 heavy (non-hydrogen) atoms. The maximum Gasteiger partial charge on any atom is 0.337 e. The van der Waals surface area contributed by atoms with Crippen LogP contribution in [0.3, 0.4) is 0 Å². The zero-order chi connectivity index (χ0) is 19.6. The van der Waals surface area contributed by atoms with E-state index in [0.717, 1.165) is 47.1 Å². The summed E-state index contributed by atoms with van der Waals surface area (Å²) in [5.41, 5.74) is 5.19. The average molecular weight is 374 g/mol. The van der Waals surface area contributed by atoms with Crippen LogP contribution in [0, 0.1) is 6.92 Å². The van der Waals surface area contributed by atoms with Crippen LogP contribution in [-0.4, -0.2) is 24.1 Å². The Kier molecular flexibility index (Phi) is 5.90. The van der Waals surface area contributed by atoms with Crippen LogP contribution in [0.4, 0.5) is 8.78 Å². The summed E-state index contributed by atoms with van der Waals surface area (Å²) in [6, 6.07) is 11.9. The van der Waals surface area contributed by atoms with Crippen molar-refractivity contribution >= 4 is 5.97 Å². The summed E-state index contributed by atoms with van der Waals surface area (Å²) < 4.78 is 30.5. The van der Waals surface area contributed by atoms with Crippen molar-refractivity contribution in [1.82, 2.24) is 0 Å². The topological polar surface area (TPSA) is 46.5 Å². The Morgan fingerprint density at radius 1 is 1.26 bits per heavy atom. The smallest absolute Gasteiger partial charge is 0.337 e. The zero-order valence-electron chi connectivity index (χ0n) is 15.5. The number of aryl methyl sites for hydroxylation is 2. The first-order valence-electron chi connectivity index (χ1n) is 9.27. The van der Waals surface area contributed by atoms with Crippen LogP contribution in [0.15, 0.2) is 36.4 Å². The number of ether oxygens (including phenoxy) is 1. The van der Waals surface area contributed by atoms with E-state index in [1.807, 2.05) is 30.3 Å². The van der Waals surface area contributed by atoms with E-state index in [1.165, 1.54) is 0 Å². The van der Waals surface area contributed by atoms with Gasteiger partial charge in [-0.25, -0.2) is 13.6 Å². The minimum absolute atomic E-state index is 0.383. The summed E-state index contributed by atoms with van der Waals surface area (Å²) in [4.78, 5) is 11.9. The van der Waals surface area contributed by atoms with Crippen molar-refractivity contribution in [3.05, 3.63) is 58.7 Å². The molecule has 1 atom stereocenters. The normalized spacial score (nSPS) is 15.1. The summed E-state index contributed by atoms with van der Waals surface area (Å²) >= 11 is 0. The highest BCUT2D eigenvalue weighted by atomic mass is 19.3. The van der Waals surface area contributed by atoms with E-state index in [-0.39, 0.29) is 0 Å². The van der Waals surface area contributed by atoms with Gasteiger partial charge >= 0.3 is 5.97 Å². The van der Waals surface area contributed by atoms with E-state index < -0.39 is 25.1 Å². The van der Waals surface area contributed by atoms with Crippen LogP contribution in [0.2, 0.25) is 0 Å². The molecule has 0 amide bonds. The number of benzene rings is 2. The standard InChI is InChI=1S/C22H24F2O3/c1-3-14-5-4-6-16(11-14)20-17(15-8-9-15)10-7-13(2)19(20)21(22(25)26)27-12-18(23)24/h4-7,10-11,15,18,21H,3,8-9,12H2,1-2H3,(H,25,26). The van der Waals surface area contributed by atoms with Crippen LogP contribution < -0.4 is 0 Å². The summed E-state index contributed by atoms with van der Waals surface area (Å²) in [5, 5.41) is 9.71. The number of carboxylic acids is 1. The first-order chi connectivity index (χ1) is 12.9. The minimum atomic E-state index is -2.72. The van der Waals surface area contributed by atoms with Crippen molar-refractivity contribution in [2.45, 2.75) is 51.6 Å². The molecule has 5 heteroatoms. The lowest BCUT2D eigenvalue weighted by molar-refractivity contribution is -0.153. The average Bonchev–Trinajstić information content (AvgIpc) is 3.47. The molecular weight excluding hydrogens is 350 g/mol. The zero-order valence-corrected chi connectivity index (χ0v) is 15.5. The second kappa shape index (κ2) is 8.17. The summed E-state index contributed by atoms with van der Waals surface area (Å²) in [6.07, 6.45) is -1.17. The fourth-order valence-electron chi connectivity index (χ4n) is 3.53. The van der Waals surface area contributed by atoms with Gasteiger partial charge in [0, 0.05) is 5.56 Å². The van der Waals surface area contributed by atoms with Crippen LogP contribution in [-0.2, 0) is 16.0 Å². The quantitative estimate of drug-likeness (QED) is 0.663. The van der Waals surface area contributed by atoms with E-state index in [9.17, 15) is 18.7 Å². The number of aliphatic carboxylic acids is 1. The number of hydrogen-bond acceptors (Lipinski definition) is 2. The van der Waals surface area contributed by atoms with Gasteiger partial charge in [0.1, 0.15) is 6.61 Å². The molecule has 1 unspecified atom stereocenters. The van der Waals surface area contributed by atoms with Crippen molar-refractivity contribution in [1.29, 1.82) is 0 Å². The van der Waals surface area contributed by atoms with Crippen molar-refractivity contribution in [3.8, 4) is 11.1 Å². The van der Waals surface area contributed by atoms with E-state index >= 15 is 0 Å². The third-order valence-electron chi connectivity index (χ3n) is 5.01. The highest BCUT2D eigenvalue weighted by Gasteiger charge is 2.33. The Bertz CT molecular complexity index is 828. The van der Waals surface area contributed by atoms with Gasteiger partial charge in [0.25, 0.3) is 6.43 Å². The lowest BCUT2D eigenvalue weighted by atomic mass is 9.86. The monoisotopic (exact) mass is 374 g/mol. The fourth-order valence-corrected chi connectivity index (χ4v) is 3.53. The molecule has 0 radical (unpaired) electrons. The molecule has 0 aliphatic heterocycles. The predicted octanol–water partition coefficient (Wildman–Crippen LogP) is 5.51. The van der Waals surface area contributed by atoms with Crippen molar-refractivity contribution in [3.63, 3.8) is 0 Å². The van der Waals surface area contributed by atoms with Crippen LogP contribution in [0.25, 0.3) is 11.1 Å². The molecule has 1 aliphatic rings. The Balaban J connectivity index is 2.19. The van der Waals surface area contributed by atoms with Crippen LogP contribution in [0.5, 0.6) is 0 Å². The maximum absolute atomic E-state index is 12.7. The first kappa shape index (κ1) is 19.5. The second-order valence-corrected chi connectivity index (χ2v) is 7.03. The molecule has 0 aromatic heterocycles. The number of carboxylic acid groups (broad SMARTS) is 1. The van der Waals surface area contributed by atoms with Crippen LogP contribution >= 0.6 is 0 Å². The minimum Gasteiger partial charge on any atom is -0.479 e. The lowest BCUT2D eigenvalue weighted by Gasteiger charge is -2.23. The van der Waals surface area contributed by atoms with E-state index in [0.29, 0.717) is 11.5 Å². The molecule has 1 aliphatic carbocycles. The number of rotatable bonds is 8. The van der Waals surface area contributed by atoms with Gasteiger partial charge in [0.05, 0.1) is 0 Å². The molecule has 3 nitrogen and oxygen atoms in total. The van der Waals surface area contributed by atoms with Gasteiger partial charge in [-0.1, -0.05) is 43.3 Å². The van der Waals surface area contributed by atoms with E-state index in [2.05, 4.69) is 13.0 Å². The lowest BCUT2D eigenvalue weighted by Crippen LogP contribution is -2.21. The Morgan fingerprint density at radius 3 is 2.59 bits per heavy atom. The van der Waals surface area contributed by atoms with Gasteiger partial charge in [-0.15, -0.1) is 0 Å². The Hall–Kier alpha value is -2.27. The highest BCUT2D eigenvalue weighted by molar-refractivity contribution is 5.83. The molecule has 144 valence electrons. The molecule has 0 bridgehead atoms. The first-order valence-corrected chi connectivity index (χ1v) is 9.27. The Morgan fingerprint density at radius 2 is 2.00 bits per heavy atom. The van der Waals surface area contributed by atoms with Crippen molar-refractivity contribution in [2.24, 2.45) is 0 Å². The van der Waals surface area contributed by atoms with Crippen LogP contribution in [0.1, 0.15) is 54.0 Å². The summed E-state index contributed by atoms with van der Waals surface area (Å²) in [6.45, 7) is 2.96. The molecule has 1 fully saturated rings. The van der Waals surface area contributed by atoms with Gasteiger partial charge in [0.2, 0.25) is 0 Å². The Labute approximate surface area is 158 Å². The van der Waals surface area contributed by atoms with Gasteiger partial charge in [0.15, 0.2) is 6.10 Å². The van der Waals surface area contributed by atoms with Gasteiger partial charge in [-0.3, -0.25) is 0 Å². The molecular formula is C22H24F2O3. The predicted molar refractivity (Wildman–Crippen MR) is 100 cm³/mol. The molecule has 0 spiro atoms. The number of hydrogen-bond donors (Lipinski definition) is 1. The second-order valence-electron chi connectivity index (χ2n) is 7.03. The van der Waals surface area contributed by atoms with Gasteiger partial charge < -0.3 is 9.84 Å². The molecule has 0 heterocycles. The number of halogens is 2. The number of carbonyl (C=O) groups is 1. The van der Waals surface area contributed by atoms with Gasteiger partial charge in [-0.2, -0.15) is 0 Å². The van der Waals surface area contributed by atoms with E-state index in [4.69, 9.17) is 4.74 Å². The van der Waals surface area contributed by atoms with E-state index in [1.54, 1.807) is 6.92 Å². The van der Waals surface area contributed by atoms with Crippen molar-refractivity contribution < 1.29 is 23.4 Å². The largest absolute Gasteiger partial charge is 0.479 e. The highest BCUT2D eigenvalue weighted by Crippen LogP contribution is 2.47. The molecule has 1 saturated carbocycles. The van der Waals surface area contributed by atoms with Crippen molar-refractivity contribution in [2.75, 3.05) is 6.61 Å².